The van der Waals surface area contributed by atoms with E-state index in [-0.39, 0.29) is 35.2 Å². The van der Waals surface area contributed by atoms with Crippen LogP contribution in [0, 0.1) is 0 Å². The van der Waals surface area contributed by atoms with Gasteiger partial charge in [-0.2, -0.15) is 0 Å². The van der Waals surface area contributed by atoms with Gasteiger partial charge in [0.05, 0.1) is 16.9 Å². The summed E-state index contributed by atoms with van der Waals surface area (Å²) in [6.45, 7) is 4.76. The first kappa shape index (κ1) is 29.1. The lowest BCUT2D eigenvalue weighted by atomic mass is 9.98. The molecular formula is C28H32FN3O7S. The number of anilines is 1. The molecule has 40 heavy (non-hydrogen) atoms. The van der Waals surface area contributed by atoms with Crippen LogP contribution >= 0.6 is 0 Å². The number of nitrogens with one attached hydrogen (secondary N) is 3. The van der Waals surface area contributed by atoms with Gasteiger partial charge in [0.1, 0.15) is 18.0 Å². The highest BCUT2D eigenvalue weighted by atomic mass is 32.2. The summed E-state index contributed by atoms with van der Waals surface area (Å²) in [6.07, 6.45) is 3.03. The molecule has 0 saturated carbocycles. The Kier molecular flexibility index (Phi) is 8.48. The number of carbonyl (C=O) groups is 3. The average molecular weight is 574 g/mol. The highest BCUT2D eigenvalue weighted by Crippen LogP contribution is 2.38. The van der Waals surface area contributed by atoms with E-state index in [0.29, 0.717) is 36.8 Å². The van der Waals surface area contributed by atoms with Gasteiger partial charge in [0.25, 0.3) is 10.0 Å². The summed E-state index contributed by atoms with van der Waals surface area (Å²) < 4.78 is 51.5. The maximum atomic E-state index is 13.2. The molecule has 0 saturated heterocycles. The van der Waals surface area contributed by atoms with Crippen LogP contribution in [0.15, 0.2) is 47.1 Å². The number of fused-ring (bicyclic) bond motifs is 2. The molecule has 0 unspecified atom stereocenters. The van der Waals surface area contributed by atoms with Gasteiger partial charge in [0.15, 0.2) is 5.78 Å². The van der Waals surface area contributed by atoms with Crippen molar-refractivity contribution in [2.45, 2.75) is 63.4 Å². The minimum absolute atomic E-state index is 0.0650. The molecule has 0 heterocycles. The fraction of sp³-hybridized carbons (Fsp3) is 0.393. The lowest BCUT2D eigenvalue weighted by Crippen LogP contribution is -2.35. The molecule has 10 nitrogen and oxygen atoms in total. The molecule has 2 aliphatic rings. The van der Waals surface area contributed by atoms with Crippen LogP contribution in [-0.2, 0) is 34.0 Å². The Labute approximate surface area is 232 Å². The summed E-state index contributed by atoms with van der Waals surface area (Å²) in [5.74, 6) is 0.179. The number of aryl methyl sites for hydroxylation is 2. The number of amides is 3. The molecular weight excluding hydrogens is 541 g/mol. The van der Waals surface area contributed by atoms with Crippen LogP contribution in [0.4, 0.5) is 19.7 Å². The van der Waals surface area contributed by atoms with Crippen LogP contribution in [0.1, 0.15) is 60.7 Å². The zero-order chi connectivity index (χ0) is 29.1. The van der Waals surface area contributed by atoms with E-state index in [2.05, 4.69) is 10.6 Å². The SMILES string of the molecule is CC(C)(C)OC(=O)NC/C(=C\F)COc1ccc(S(=O)(=O)NC(=O)Nc2c3c(cc4c2C(=O)CC4)CCC3)cc1. The van der Waals surface area contributed by atoms with E-state index in [1.54, 1.807) is 20.8 Å². The third-order valence-electron chi connectivity index (χ3n) is 6.42. The van der Waals surface area contributed by atoms with Crippen molar-refractivity contribution < 1.29 is 36.7 Å². The van der Waals surface area contributed by atoms with Gasteiger partial charge in [-0.1, -0.05) is 6.07 Å². The molecule has 0 aromatic heterocycles. The molecule has 0 bridgehead atoms. The molecule has 12 heteroatoms. The number of alkyl carbamates (subject to hydrolysis) is 1. The molecule has 3 amide bonds. The normalized spacial score (nSPS) is 14.8. The maximum Gasteiger partial charge on any atom is 0.407 e. The second-order valence-corrected chi connectivity index (χ2v) is 12.3. The van der Waals surface area contributed by atoms with Gasteiger partial charge in [-0.3, -0.25) is 4.79 Å². The van der Waals surface area contributed by atoms with Crippen LogP contribution in [0.3, 0.4) is 0 Å². The number of hydrogen-bond donors (Lipinski definition) is 3. The number of urea groups is 1. The quantitative estimate of drug-likeness (QED) is 0.420. The number of hydrogen-bond acceptors (Lipinski definition) is 7. The number of ether oxygens (including phenoxy) is 2. The fourth-order valence-electron chi connectivity index (χ4n) is 4.66. The van der Waals surface area contributed by atoms with Gasteiger partial charge in [0.2, 0.25) is 0 Å². The van der Waals surface area contributed by atoms with Gasteiger partial charge in [-0.15, -0.1) is 0 Å². The zero-order valence-corrected chi connectivity index (χ0v) is 23.4. The first-order chi connectivity index (χ1) is 18.9. The molecule has 0 radical (unpaired) electrons. The lowest BCUT2D eigenvalue weighted by Gasteiger charge is -2.20. The average Bonchev–Trinajstić information content (AvgIpc) is 3.49. The Bertz CT molecular complexity index is 1460. The van der Waals surface area contributed by atoms with Gasteiger partial charge < -0.3 is 20.1 Å². The third kappa shape index (κ3) is 6.98. The second-order valence-electron chi connectivity index (χ2n) is 10.6. The number of carbonyl (C=O) groups excluding carboxylic acids is 3. The smallest absolute Gasteiger partial charge is 0.407 e. The van der Waals surface area contributed by atoms with Crippen molar-refractivity contribution in [3.05, 3.63) is 64.5 Å². The Morgan fingerprint density at radius 3 is 2.45 bits per heavy atom. The Hall–Kier alpha value is -3.93. The predicted octanol–water partition coefficient (Wildman–Crippen LogP) is 4.57. The summed E-state index contributed by atoms with van der Waals surface area (Å²) in [5.41, 5.74) is 3.14. The molecule has 0 atom stereocenters. The molecule has 0 aliphatic heterocycles. The maximum absolute atomic E-state index is 13.2. The number of sulfonamides is 1. The van der Waals surface area contributed by atoms with E-state index in [4.69, 9.17) is 9.47 Å². The summed E-state index contributed by atoms with van der Waals surface area (Å²) in [4.78, 5) is 36.8. The van der Waals surface area contributed by atoms with Crippen molar-refractivity contribution in [2.24, 2.45) is 0 Å². The molecule has 214 valence electrons. The molecule has 4 rings (SSSR count). The van der Waals surface area contributed by atoms with E-state index >= 15 is 0 Å². The number of Topliss-reactive ketones (excluding diaryl/α,β-unsaturated/α-hetero) is 1. The highest BCUT2D eigenvalue weighted by Gasteiger charge is 2.30. The number of ketones is 1. The van der Waals surface area contributed by atoms with E-state index in [9.17, 15) is 27.2 Å². The van der Waals surface area contributed by atoms with Crippen LogP contribution in [0.2, 0.25) is 0 Å². The minimum atomic E-state index is -4.24. The highest BCUT2D eigenvalue weighted by molar-refractivity contribution is 7.90. The molecule has 3 N–H and O–H groups in total. The standard InChI is InChI=1S/C28H32FN3O7S/c1-28(2,3)39-27(35)30-15-17(14-29)16-38-20-8-10-21(11-9-20)40(36,37)32-26(34)31-25-22-6-4-5-18(22)13-19-7-12-23(33)24(19)25/h8-11,13-14H,4-7,12,15-16H2,1-3H3,(H,30,35)(H2,31,32,34)/b17-14+. The Morgan fingerprint density at radius 2 is 1.77 bits per heavy atom. The number of rotatable bonds is 8. The fourth-order valence-corrected chi connectivity index (χ4v) is 5.57. The summed E-state index contributed by atoms with van der Waals surface area (Å²) in [6, 6.07) is 6.26. The van der Waals surface area contributed by atoms with Crippen LogP contribution in [0.5, 0.6) is 5.75 Å². The largest absolute Gasteiger partial charge is 0.489 e. The lowest BCUT2D eigenvalue weighted by molar-refractivity contribution is 0.0531. The van der Waals surface area contributed by atoms with Crippen molar-refractivity contribution in [3.63, 3.8) is 0 Å². The third-order valence-corrected chi connectivity index (χ3v) is 7.77. The second kappa shape index (κ2) is 11.7. The Morgan fingerprint density at radius 1 is 1.05 bits per heavy atom. The topological polar surface area (TPSA) is 140 Å². The zero-order valence-electron chi connectivity index (χ0n) is 22.6. The van der Waals surface area contributed by atoms with Crippen molar-refractivity contribution in [1.82, 2.24) is 10.0 Å². The van der Waals surface area contributed by atoms with Gasteiger partial charge >= 0.3 is 12.1 Å². The van der Waals surface area contributed by atoms with Crippen LogP contribution < -0.4 is 20.1 Å². The monoisotopic (exact) mass is 573 g/mol. The van der Waals surface area contributed by atoms with Crippen molar-refractivity contribution >= 4 is 33.6 Å². The molecule has 0 spiro atoms. The van der Waals surface area contributed by atoms with Gasteiger partial charge in [-0.05, 0) is 87.4 Å². The molecule has 2 aliphatic carbocycles. The van der Waals surface area contributed by atoms with E-state index in [0.717, 1.165) is 29.5 Å². The Balaban J connectivity index is 1.35. The molecule has 2 aromatic rings. The molecule has 0 fully saturated rings. The van der Waals surface area contributed by atoms with Gasteiger partial charge in [-0.25, -0.2) is 27.1 Å². The predicted molar refractivity (Wildman–Crippen MR) is 146 cm³/mol. The van der Waals surface area contributed by atoms with Crippen molar-refractivity contribution in [3.8, 4) is 5.75 Å². The summed E-state index contributed by atoms with van der Waals surface area (Å²) >= 11 is 0. The van der Waals surface area contributed by atoms with E-state index in [1.165, 1.54) is 24.3 Å². The number of halogens is 1. The minimum Gasteiger partial charge on any atom is -0.489 e. The van der Waals surface area contributed by atoms with Crippen LogP contribution in [-0.4, -0.2) is 45.1 Å². The molecule has 2 aromatic carbocycles. The number of benzene rings is 2. The van der Waals surface area contributed by atoms with E-state index in [1.807, 2.05) is 10.8 Å². The van der Waals surface area contributed by atoms with Crippen molar-refractivity contribution in [2.75, 3.05) is 18.5 Å². The van der Waals surface area contributed by atoms with E-state index < -0.39 is 27.7 Å². The van der Waals surface area contributed by atoms with Crippen molar-refractivity contribution in [1.29, 1.82) is 0 Å². The first-order valence-electron chi connectivity index (χ1n) is 12.9. The van der Waals surface area contributed by atoms with Crippen LogP contribution in [0.25, 0.3) is 0 Å². The van der Waals surface area contributed by atoms with Gasteiger partial charge in [0, 0.05) is 24.1 Å². The summed E-state index contributed by atoms with van der Waals surface area (Å²) in [7, 11) is -4.24. The first-order valence-corrected chi connectivity index (χ1v) is 14.4. The summed E-state index contributed by atoms with van der Waals surface area (Å²) in [5, 5.41) is 5.05.